The number of ketones is 1. The van der Waals surface area contributed by atoms with Crippen LogP contribution in [0.5, 0.6) is 0 Å². The third-order valence-corrected chi connectivity index (χ3v) is 2.77. The molecule has 0 saturated heterocycles. The monoisotopic (exact) mass is 254 g/mol. The third-order valence-electron chi connectivity index (χ3n) is 2.52. The molecule has 0 heterocycles. The van der Waals surface area contributed by atoms with Crippen LogP contribution in [-0.2, 0) is 16.0 Å². The summed E-state index contributed by atoms with van der Waals surface area (Å²) in [5.41, 5.74) is 1.21. The van der Waals surface area contributed by atoms with E-state index in [4.69, 9.17) is 16.7 Å². The van der Waals surface area contributed by atoms with Crippen molar-refractivity contribution in [2.45, 2.75) is 32.1 Å². The van der Waals surface area contributed by atoms with Crippen LogP contribution in [-0.4, -0.2) is 16.9 Å². The second-order valence-corrected chi connectivity index (χ2v) is 4.35. The normalized spacial score (nSPS) is 10.2. The smallest absolute Gasteiger partial charge is 0.372 e. The minimum absolute atomic E-state index is 0.135. The highest BCUT2D eigenvalue weighted by atomic mass is 35.5. The van der Waals surface area contributed by atoms with Crippen molar-refractivity contribution in [3.8, 4) is 0 Å². The second-order valence-electron chi connectivity index (χ2n) is 3.92. The molecule has 4 heteroatoms. The number of unbranched alkanes of at least 4 members (excludes halogenated alkanes) is 2. The van der Waals surface area contributed by atoms with Crippen LogP contribution in [0.1, 0.15) is 31.2 Å². The van der Waals surface area contributed by atoms with Gasteiger partial charge in [0.1, 0.15) is 0 Å². The molecule has 0 amide bonds. The molecule has 0 unspecified atom stereocenters. The number of benzene rings is 1. The molecular formula is C13H15ClO3. The van der Waals surface area contributed by atoms with Crippen molar-refractivity contribution in [1.29, 1.82) is 0 Å². The third kappa shape index (κ3) is 5.50. The summed E-state index contributed by atoms with van der Waals surface area (Å²) in [6.07, 6.45) is 3.52. The summed E-state index contributed by atoms with van der Waals surface area (Å²) in [4.78, 5) is 21.1. The number of Topliss-reactive ketones (excluding diaryl/α,β-unsaturated/α-hetero) is 1. The Balaban J connectivity index is 2.14. The van der Waals surface area contributed by atoms with E-state index in [1.54, 1.807) is 0 Å². The van der Waals surface area contributed by atoms with Crippen molar-refractivity contribution in [1.82, 2.24) is 0 Å². The van der Waals surface area contributed by atoms with Gasteiger partial charge in [-0.15, -0.1) is 0 Å². The molecular weight excluding hydrogens is 240 g/mol. The summed E-state index contributed by atoms with van der Waals surface area (Å²) in [7, 11) is 0. The number of aryl methyl sites for hydroxylation is 1. The van der Waals surface area contributed by atoms with Crippen molar-refractivity contribution >= 4 is 23.4 Å². The molecule has 0 aliphatic rings. The van der Waals surface area contributed by atoms with E-state index in [1.165, 1.54) is 5.56 Å². The first-order valence-electron chi connectivity index (χ1n) is 5.60. The Labute approximate surface area is 105 Å². The van der Waals surface area contributed by atoms with Crippen LogP contribution in [0.3, 0.4) is 0 Å². The van der Waals surface area contributed by atoms with Gasteiger partial charge in [-0.25, -0.2) is 4.79 Å². The average molecular weight is 255 g/mol. The van der Waals surface area contributed by atoms with E-state index in [0.29, 0.717) is 6.42 Å². The van der Waals surface area contributed by atoms with E-state index in [1.807, 2.05) is 24.3 Å². The van der Waals surface area contributed by atoms with Gasteiger partial charge in [-0.05, 0) is 37.0 Å². The molecule has 1 aromatic rings. The van der Waals surface area contributed by atoms with Gasteiger partial charge in [-0.2, -0.15) is 0 Å². The average Bonchev–Trinajstić information content (AvgIpc) is 2.30. The standard InChI is InChI=1S/C13H15ClO3/c14-11-8-6-10(7-9-11)4-2-1-3-5-12(15)13(16)17/h6-9H,1-5H2,(H,16,17). The fourth-order valence-electron chi connectivity index (χ4n) is 1.55. The molecule has 92 valence electrons. The predicted molar refractivity (Wildman–Crippen MR) is 66.3 cm³/mol. The van der Waals surface area contributed by atoms with E-state index in [2.05, 4.69) is 0 Å². The maximum absolute atomic E-state index is 10.8. The molecule has 0 saturated carbocycles. The fraction of sp³-hybridized carbons (Fsp3) is 0.385. The first-order valence-corrected chi connectivity index (χ1v) is 5.98. The van der Waals surface area contributed by atoms with Crippen molar-refractivity contribution < 1.29 is 14.7 Å². The Kier molecular flexibility index (Phi) is 5.70. The number of carbonyl (C=O) groups is 2. The van der Waals surface area contributed by atoms with Crippen LogP contribution in [0.15, 0.2) is 24.3 Å². The van der Waals surface area contributed by atoms with Gasteiger partial charge in [0.05, 0.1) is 0 Å². The molecule has 0 fully saturated rings. The zero-order chi connectivity index (χ0) is 12.7. The fourth-order valence-corrected chi connectivity index (χ4v) is 1.68. The Morgan fingerprint density at radius 2 is 1.71 bits per heavy atom. The molecule has 0 radical (unpaired) electrons. The van der Waals surface area contributed by atoms with E-state index < -0.39 is 11.8 Å². The number of halogens is 1. The minimum Gasteiger partial charge on any atom is -0.476 e. The molecule has 1 N–H and O–H groups in total. The molecule has 1 rings (SSSR count). The Morgan fingerprint density at radius 3 is 2.29 bits per heavy atom. The van der Waals surface area contributed by atoms with Gasteiger partial charge in [-0.3, -0.25) is 4.79 Å². The molecule has 0 spiro atoms. The zero-order valence-electron chi connectivity index (χ0n) is 9.49. The van der Waals surface area contributed by atoms with Gasteiger partial charge in [0.25, 0.3) is 0 Å². The molecule has 0 atom stereocenters. The van der Waals surface area contributed by atoms with Gasteiger partial charge in [-0.1, -0.05) is 30.2 Å². The molecule has 1 aromatic carbocycles. The van der Waals surface area contributed by atoms with Gasteiger partial charge < -0.3 is 5.11 Å². The van der Waals surface area contributed by atoms with Gasteiger partial charge >= 0.3 is 5.97 Å². The van der Waals surface area contributed by atoms with Crippen LogP contribution in [0.2, 0.25) is 5.02 Å². The molecule has 3 nitrogen and oxygen atoms in total. The maximum atomic E-state index is 10.8. The Hall–Kier alpha value is -1.35. The SMILES string of the molecule is O=C(O)C(=O)CCCCCc1ccc(Cl)cc1. The lowest BCUT2D eigenvalue weighted by atomic mass is 10.1. The van der Waals surface area contributed by atoms with Crippen molar-refractivity contribution in [3.05, 3.63) is 34.9 Å². The van der Waals surface area contributed by atoms with Gasteiger partial charge in [0.2, 0.25) is 5.78 Å². The quantitative estimate of drug-likeness (QED) is 0.601. The van der Waals surface area contributed by atoms with Crippen LogP contribution in [0.25, 0.3) is 0 Å². The van der Waals surface area contributed by atoms with Gasteiger partial charge in [0, 0.05) is 11.4 Å². The number of carboxylic acids is 1. The van der Waals surface area contributed by atoms with Crippen molar-refractivity contribution in [3.63, 3.8) is 0 Å². The summed E-state index contributed by atoms with van der Waals surface area (Å²) in [5.74, 6) is -2.03. The molecule has 17 heavy (non-hydrogen) atoms. The lowest BCUT2D eigenvalue weighted by Crippen LogP contribution is -2.11. The number of hydrogen-bond acceptors (Lipinski definition) is 2. The highest BCUT2D eigenvalue weighted by Crippen LogP contribution is 2.12. The summed E-state index contributed by atoms with van der Waals surface area (Å²) in [6, 6.07) is 7.66. The van der Waals surface area contributed by atoms with Crippen molar-refractivity contribution in [2.24, 2.45) is 0 Å². The van der Waals surface area contributed by atoms with Crippen LogP contribution < -0.4 is 0 Å². The number of aliphatic carboxylic acids is 1. The second kappa shape index (κ2) is 7.07. The van der Waals surface area contributed by atoms with Gasteiger partial charge in [0.15, 0.2) is 0 Å². The Bertz CT molecular complexity index is 384. The lowest BCUT2D eigenvalue weighted by molar-refractivity contribution is -0.149. The zero-order valence-corrected chi connectivity index (χ0v) is 10.2. The van der Waals surface area contributed by atoms with Crippen molar-refractivity contribution in [2.75, 3.05) is 0 Å². The molecule has 0 bridgehead atoms. The van der Waals surface area contributed by atoms with E-state index in [-0.39, 0.29) is 6.42 Å². The summed E-state index contributed by atoms with van der Waals surface area (Å²) < 4.78 is 0. The van der Waals surface area contributed by atoms with E-state index >= 15 is 0 Å². The van der Waals surface area contributed by atoms with E-state index in [9.17, 15) is 9.59 Å². The topological polar surface area (TPSA) is 54.4 Å². The highest BCUT2D eigenvalue weighted by molar-refractivity contribution is 6.32. The molecule has 0 aromatic heterocycles. The highest BCUT2D eigenvalue weighted by Gasteiger charge is 2.09. The summed E-state index contributed by atoms with van der Waals surface area (Å²) in [5, 5.41) is 9.10. The number of carboxylic acid groups (broad SMARTS) is 1. The van der Waals surface area contributed by atoms with E-state index in [0.717, 1.165) is 24.3 Å². The Morgan fingerprint density at radius 1 is 1.06 bits per heavy atom. The maximum Gasteiger partial charge on any atom is 0.372 e. The van der Waals surface area contributed by atoms with Crippen LogP contribution in [0, 0.1) is 0 Å². The van der Waals surface area contributed by atoms with Crippen LogP contribution >= 0.6 is 11.6 Å². The number of carbonyl (C=O) groups excluding carboxylic acids is 1. The number of rotatable bonds is 7. The predicted octanol–water partition coefficient (Wildman–Crippen LogP) is 3.10. The van der Waals surface area contributed by atoms with Crippen LogP contribution in [0.4, 0.5) is 0 Å². The number of hydrogen-bond donors (Lipinski definition) is 1. The molecule has 0 aliphatic heterocycles. The summed E-state index contributed by atoms with van der Waals surface area (Å²) in [6.45, 7) is 0. The largest absolute Gasteiger partial charge is 0.476 e. The minimum atomic E-state index is -1.33. The summed E-state index contributed by atoms with van der Waals surface area (Å²) >= 11 is 5.77. The lowest BCUT2D eigenvalue weighted by Gasteiger charge is -2.01. The first-order chi connectivity index (χ1) is 8.09. The molecule has 0 aliphatic carbocycles. The first kappa shape index (κ1) is 13.7.